The molecule has 0 aromatic heterocycles. The highest BCUT2D eigenvalue weighted by Crippen LogP contribution is 2.33. The lowest BCUT2D eigenvalue weighted by Gasteiger charge is -2.30. The van der Waals surface area contributed by atoms with Gasteiger partial charge in [-0.25, -0.2) is 4.99 Å². The number of guanidine groups is 1. The van der Waals surface area contributed by atoms with Gasteiger partial charge in [0.05, 0.1) is 19.8 Å². The molecule has 1 unspecified atom stereocenters. The molecule has 0 spiro atoms. The average molecular weight is 503 g/mol. The van der Waals surface area contributed by atoms with Crippen LogP contribution < -0.4 is 25.7 Å². The molecule has 1 aliphatic rings. The van der Waals surface area contributed by atoms with Gasteiger partial charge in [0.25, 0.3) is 0 Å². The number of nitrogens with two attached hydrogens (primary N) is 2. The number of benzene rings is 3. The van der Waals surface area contributed by atoms with Crippen LogP contribution in [0.2, 0.25) is 0 Å². The molecular formula is C28H30N4O5. The van der Waals surface area contributed by atoms with Crippen molar-refractivity contribution in [2.45, 2.75) is 19.2 Å². The standard InChI is InChI=1S/C28H30N4O5/c1-33-24-16-19(17-32-25(29)12-13-31-27(32)30)15-21(26(24)34-2)10-8-18-9-11-22-20(14-18)6-5-7-23(22)37-28(35-3)36-4/h5-7,9,11-16,25,28H,17,29H2,1-4H3,(H2,30,31). The fourth-order valence-corrected chi connectivity index (χ4v) is 4.00. The molecule has 0 amide bonds. The Morgan fingerprint density at radius 2 is 1.78 bits per heavy atom. The summed E-state index contributed by atoms with van der Waals surface area (Å²) in [6.45, 7) is -0.365. The van der Waals surface area contributed by atoms with E-state index in [1.54, 1.807) is 31.4 Å². The maximum absolute atomic E-state index is 6.19. The highest BCUT2D eigenvalue weighted by atomic mass is 16.8. The monoisotopic (exact) mass is 502 g/mol. The summed E-state index contributed by atoms with van der Waals surface area (Å²) in [5.41, 5.74) is 14.6. The van der Waals surface area contributed by atoms with Crippen molar-refractivity contribution in [2.24, 2.45) is 16.5 Å². The van der Waals surface area contributed by atoms with Crippen LogP contribution in [0.3, 0.4) is 0 Å². The number of aliphatic imine (C=N–C) groups is 1. The summed E-state index contributed by atoms with van der Waals surface area (Å²) < 4.78 is 27.3. The second kappa shape index (κ2) is 11.7. The minimum absolute atomic E-state index is 0.347. The summed E-state index contributed by atoms with van der Waals surface area (Å²) in [5.74, 6) is 8.58. The quantitative estimate of drug-likeness (QED) is 0.357. The van der Waals surface area contributed by atoms with Crippen molar-refractivity contribution in [1.29, 1.82) is 0 Å². The molecule has 1 aliphatic heterocycles. The number of ether oxygens (including phenoxy) is 5. The maximum atomic E-state index is 6.19. The van der Waals surface area contributed by atoms with E-state index in [1.807, 2.05) is 48.5 Å². The first kappa shape index (κ1) is 25.9. The summed E-state index contributed by atoms with van der Waals surface area (Å²) in [5, 5.41) is 1.88. The van der Waals surface area contributed by atoms with Crippen LogP contribution in [0.4, 0.5) is 0 Å². The summed E-state index contributed by atoms with van der Waals surface area (Å²) >= 11 is 0. The predicted octanol–water partition coefficient (Wildman–Crippen LogP) is 3.14. The van der Waals surface area contributed by atoms with E-state index >= 15 is 0 Å². The Kier molecular flexibility index (Phi) is 8.15. The zero-order valence-electron chi connectivity index (χ0n) is 21.2. The molecule has 1 atom stereocenters. The van der Waals surface area contributed by atoms with Crippen LogP contribution in [-0.2, 0) is 16.0 Å². The van der Waals surface area contributed by atoms with E-state index in [0.717, 1.165) is 21.9 Å². The third kappa shape index (κ3) is 5.78. The van der Waals surface area contributed by atoms with Gasteiger partial charge in [0.2, 0.25) is 0 Å². The third-order valence-electron chi connectivity index (χ3n) is 5.83. The lowest BCUT2D eigenvalue weighted by molar-refractivity contribution is -0.218. The molecule has 4 N–H and O–H groups in total. The lowest BCUT2D eigenvalue weighted by Crippen LogP contribution is -2.49. The SMILES string of the molecule is COc1cc(CN2C(N)=NC=CC2N)cc(C#Cc2ccc3c(OC(OC)OC)cccc3c2)c1OC. The number of hydrogen-bond acceptors (Lipinski definition) is 9. The number of methoxy groups -OCH3 is 4. The second-order valence-corrected chi connectivity index (χ2v) is 8.15. The zero-order chi connectivity index (χ0) is 26.4. The van der Waals surface area contributed by atoms with Crippen molar-refractivity contribution < 1.29 is 23.7 Å². The van der Waals surface area contributed by atoms with E-state index in [4.69, 9.17) is 35.2 Å². The molecule has 3 aromatic carbocycles. The predicted molar refractivity (Wildman–Crippen MR) is 142 cm³/mol. The lowest BCUT2D eigenvalue weighted by atomic mass is 10.0. The van der Waals surface area contributed by atoms with Crippen molar-refractivity contribution in [3.63, 3.8) is 0 Å². The van der Waals surface area contributed by atoms with Gasteiger partial charge in [-0.1, -0.05) is 24.0 Å². The van der Waals surface area contributed by atoms with Crippen LogP contribution in [0, 0.1) is 11.8 Å². The van der Waals surface area contributed by atoms with Gasteiger partial charge in [0.1, 0.15) is 11.9 Å². The van der Waals surface area contributed by atoms with Gasteiger partial charge in [-0.05, 0) is 53.4 Å². The summed E-state index contributed by atoms with van der Waals surface area (Å²) in [4.78, 5) is 5.93. The van der Waals surface area contributed by atoms with Gasteiger partial charge in [0.15, 0.2) is 17.5 Å². The Labute approximate surface area is 216 Å². The van der Waals surface area contributed by atoms with Crippen LogP contribution in [0.25, 0.3) is 10.8 Å². The first-order valence-electron chi connectivity index (χ1n) is 11.5. The molecule has 9 heteroatoms. The van der Waals surface area contributed by atoms with Crippen molar-refractivity contribution >= 4 is 16.7 Å². The van der Waals surface area contributed by atoms with Crippen LogP contribution in [0.1, 0.15) is 16.7 Å². The molecule has 1 heterocycles. The summed E-state index contributed by atoms with van der Waals surface area (Å²) in [7, 11) is 6.21. The van der Waals surface area contributed by atoms with Gasteiger partial charge in [-0.2, -0.15) is 0 Å². The Bertz CT molecular complexity index is 1390. The minimum atomic E-state index is -0.795. The first-order chi connectivity index (χ1) is 18.0. The molecule has 192 valence electrons. The van der Waals surface area contributed by atoms with Gasteiger partial charge in [0, 0.05) is 37.9 Å². The van der Waals surface area contributed by atoms with Crippen LogP contribution >= 0.6 is 0 Å². The molecule has 0 bridgehead atoms. The molecule has 0 aliphatic carbocycles. The van der Waals surface area contributed by atoms with Gasteiger partial charge in [-0.15, -0.1) is 0 Å². The summed E-state index contributed by atoms with van der Waals surface area (Å²) in [6.07, 6.45) is 3.00. The highest BCUT2D eigenvalue weighted by molar-refractivity contribution is 5.89. The fourth-order valence-electron chi connectivity index (χ4n) is 4.00. The van der Waals surface area contributed by atoms with E-state index in [0.29, 0.717) is 35.3 Å². The Hall–Kier alpha value is -4.23. The Morgan fingerprint density at radius 1 is 0.973 bits per heavy atom. The van der Waals surface area contributed by atoms with Crippen LogP contribution in [-0.4, -0.2) is 51.9 Å². The number of hydrogen-bond donors (Lipinski definition) is 2. The molecule has 37 heavy (non-hydrogen) atoms. The van der Waals surface area contributed by atoms with Crippen molar-refractivity contribution in [1.82, 2.24) is 4.90 Å². The fraction of sp³-hybridized carbons (Fsp3) is 0.250. The van der Waals surface area contributed by atoms with E-state index in [9.17, 15) is 0 Å². The van der Waals surface area contributed by atoms with Crippen molar-refractivity contribution in [3.05, 3.63) is 77.5 Å². The van der Waals surface area contributed by atoms with Gasteiger partial charge >= 0.3 is 6.48 Å². The molecule has 0 saturated carbocycles. The smallest absolute Gasteiger partial charge is 0.315 e. The highest BCUT2D eigenvalue weighted by Gasteiger charge is 2.19. The van der Waals surface area contributed by atoms with E-state index in [-0.39, 0.29) is 6.17 Å². The largest absolute Gasteiger partial charge is 0.493 e. The number of fused-ring (bicyclic) bond motifs is 1. The minimum Gasteiger partial charge on any atom is -0.493 e. The van der Waals surface area contributed by atoms with Gasteiger partial charge in [-0.3, -0.25) is 0 Å². The third-order valence-corrected chi connectivity index (χ3v) is 5.83. The Balaban J connectivity index is 1.67. The first-order valence-corrected chi connectivity index (χ1v) is 11.5. The number of nitrogens with zero attached hydrogens (tertiary/aromatic N) is 2. The Morgan fingerprint density at radius 3 is 2.49 bits per heavy atom. The van der Waals surface area contributed by atoms with E-state index in [2.05, 4.69) is 16.8 Å². The molecule has 4 rings (SSSR count). The second-order valence-electron chi connectivity index (χ2n) is 8.15. The van der Waals surface area contributed by atoms with Crippen molar-refractivity contribution in [3.8, 4) is 29.1 Å². The molecular weight excluding hydrogens is 472 g/mol. The molecule has 9 nitrogen and oxygen atoms in total. The van der Waals surface area contributed by atoms with E-state index in [1.165, 1.54) is 14.2 Å². The topological polar surface area (TPSA) is 114 Å². The number of rotatable bonds is 8. The molecule has 3 aromatic rings. The normalized spacial score (nSPS) is 14.8. The maximum Gasteiger partial charge on any atom is 0.315 e. The van der Waals surface area contributed by atoms with Gasteiger partial charge < -0.3 is 40.1 Å². The molecule has 0 fully saturated rings. The van der Waals surface area contributed by atoms with Crippen LogP contribution in [0.5, 0.6) is 17.2 Å². The molecule has 0 saturated heterocycles. The van der Waals surface area contributed by atoms with E-state index < -0.39 is 6.48 Å². The van der Waals surface area contributed by atoms with Crippen LogP contribution in [0.15, 0.2) is 65.8 Å². The zero-order valence-corrected chi connectivity index (χ0v) is 21.2. The van der Waals surface area contributed by atoms with Crippen molar-refractivity contribution in [2.75, 3.05) is 28.4 Å². The summed E-state index contributed by atoms with van der Waals surface area (Å²) in [6, 6.07) is 15.5. The average Bonchev–Trinajstić information content (AvgIpc) is 2.92. The molecule has 0 radical (unpaired) electrons.